The molecule has 0 bridgehead atoms. The van der Waals surface area contributed by atoms with Gasteiger partial charge < -0.3 is 9.42 Å². The predicted octanol–water partition coefficient (Wildman–Crippen LogP) is 3.44. The second-order valence-electron chi connectivity index (χ2n) is 3.66. The third-order valence-electron chi connectivity index (χ3n) is 2.74. The minimum Gasteiger partial charge on any atom is -0.443 e. The van der Waals surface area contributed by atoms with Crippen molar-refractivity contribution in [3.05, 3.63) is 47.3 Å². The predicted molar refractivity (Wildman–Crippen MR) is 61.5 cm³/mol. The molecule has 2 nitrogen and oxygen atoms in total. The summed E-state index contributed by atoms with van der Waals surface area (Å²) < 4.78 is 5.53. The first-order valence-electron chi connectivity index (χ1n) is 5.02. The summed E-state index contributed by atoms with van der Waals surface area (Å²) >= 11 is 0. The third kappa shape index (κ3) is 1.41. The number of fused-ring (bicyclic) bond motifs is 2. The molecule has 15 heavy (non-hydrogen) atoms. The molecule has 0 radical (unpaired) electrons. The van der Waals surface area contributed by atoms with Gasteiger partial charge in [0.15, 0.2) is 0 Å². The fourth-order valence-electron chi connectivity index (χ4n) is 2.01. The fourth-order valence-corrected chi connectivity index (χ4v) is 3.19. The van der Waals surface area contributed by atoms with E-state index >= 15 is 0 Å². The zero-order valence-electron chi connectivity index (χ0n) is 8.18. The molecule has 1 atom stereocenters. The standard InChI is InChI=1S/C12H11O2P/c13-15-12-8-4-2-6-10(12)9-5-1-3-7-11(9)14-15/h1-3,5-7,13H,4,8H2. The summed E-state index contributed by atoms with van der Waals surface area (Å²) in [6, 6.07) is 7.89. The van der Waals surface area contributed by atoms with E-state index in [1.807, 2.05) is 24.3 Å². The van der Waals surface area contributed by atoms with Crippen molar-refractivity contribution in [2.45, 2.75) is 12.8 Å². The lowest BCUT2D eigenvalue weighted by atomic mass is 9.98. The number of allylic oxidation sites excluding steroid dienone is 4. The monoisotopic (exact) mass is 218 g/mol. The molecule has 0 fully saturated rings. The van der Waals surface area contributed by atoms with Crippen molar-refractivity contribution in [1.29, 1.82) is 0 Å². The van der Waals surface area contributed by atoms with Gasteiger partial charge in [-0.05, 0) is 24.5 Å². The maximum absolute atomic E-state index is 9.90. The zero-order chi connectivity index (χ0) is 10.3. The Bertz CT molecular complexity index is 462. The Morgan fingerprint density at radius 2 is 2.13 bits per heavy atom. The molecule has 1 aliphatic carbocycles. The summed E-state index contributed by atoms with van der Waals surface area (Å²) in [4.78, 5) is 9.90. The average molecular weight is 218 g/mol. The van der Waals surface area contributed by atoms with Gasteiger partial charge in [-0.1, -0.05) is 30.4 Å². The molecule has 76 valence electrons. The molecule has 3 heteroatoms. The van der Waals surface area contributed by atoms with Crippen LogP contribution in [-0.2, 0) is 0 Å². The van der Waals surface area contributed by atoms with E-state index in [9.17, 15) is 4.89 Å². The molecule has 0 spiro atoms. The maximum atomic E-state index is 9.90. The first-order chi connectivity index (χ1) is 7.36. The van der Waals surface area contributed by atoms with Crippen LogP contribution < -0.4 is 4.52 Å². The van der Waals surface area contributed by atoms with E-state index in [0.29, 0.717) is 0 Å². The van der Waals surface area contributed by atoms with E-state index in [1.165, 1.54) is 0 Å². The van der Waals surface area contributed by atoms with E-state index in [4.69, 9.17) is 4.52 Å². The van der Waals surface area contributed by atoms with Gasteiger partial charge in [-0.2, -0.15) is 0 Å². The maximum Gasteiger partial charge on any atom is 0.258 e. The van der Waals surface area contributed by atoms with Gasteiger partial charge in [0, 0.05) is 10.9 Å². The Labute approximate surface area is 89.8 Å². The molecule has 0 amide bonds. The van der Waals surface area contributed by atoms with Crippen molar-refractivity contribution in [3.63, 3.8) is 0 Å². The van der Waals surface area contributed by atoms with Crippen molar-refractivity contribution in [2.75, 3.05) is 0 Å². The largest absolute Gasteiger partial charge is 0.443 e. The summed E-state index contributed by atoms with van der Waals surface area (Å²) in [5.41, 5.74) is 2.27. The number of hydrogen-bond donors (Lipinski definition) is 1. The van der Waals surface area contributed by atoms with Crippen LogP contribution in [0.25, 0.3) is 5.57 Å². The van der Waals surface area contributed by atoms with Gasteiger partial charge >= 0.3 is 0 Å². The molecular formula is C12H11O2P. The highest BCUT2D eigenvalue weighted by atomic mass is 31.2. The van der Waals surface area contributed by atoms with Crippen molar-refractivity contribution < 1.29 is 9.42 Å². The Morgan fingerprint density at radius 1 is 1.27 bits per heavy atom. The number of rotatable bonds is 0. The lowest BCUT2D eigenvalue weighted by Crippen LogP contribution is -2.04. The SMILES string of the molecule is OP1Oc2ccccc2C2=C1CCC=C2. The number of para-hydroxylation sites is 1. The molecule has 1 unspecified atom stereocenters. The molecule has 1 aromatic rings. The van der Waals surface area contributed by atoms with E-state index in [2.05, 4.69) is 12.2 Å². The summed E-state index contributed by atoms with van der Waals surface area (Å²) in [6.45, 7) is 0. The first-order valence-corrected chi connectivity index (χ1v) is 6.23. The molecule has 1 aromatic carbocycles. The molecule has 1 heterocycles. The first kappa shape index (κ1) is 9.14. The Hall–Kier alpha value is -1.11. The molecule has 0 aromatic heterocycles. The van der Waals surface area contributed by atoms with Crippen LogP contribution in [0.1, 0.15) is 18.4 Å². The number of benzene rings is 1. The third-order valence-corrected chi connectivity index (χ3v) is 4.03. The van der Waals surface area contributed by atoms with Crippen molar-refractivity contribution in [2.24, 2.45) is 0 Å². The lowest BCUT2D eigenvalue weighted by Gasteiger charge is -2.27. The van der Waals surface area contributed by atoms with E-state index in [0.717, 1.165) is 35.0 Å². The second-order valence-corrected chi connectivity index (χ2v) is 4.93. The molecular weight excluding hydrogens is 207 g/mol. The van der Waals surface area contributed by atoms with Crippen LogP contribution in [0, 0.1) is 0 Å². The smallest absolute Gasteiger partial charge is 0.258 e. The molecule has 1 aliphatic heterocycles. The average Bonchev–Trinajstić information content (AvgIpc) is 2.30. The highest BCUT2D eigenvalue weighted by Gasteiger charge is 2.27. The van der Waals surface area contributed by atoms with Gasteiger partial charge in [0.05, 0.1) is 0 Å². The normalized spacial score (nSPS) is 23.1. The van der Waals surface area contributed by atoms with Gasteiger partial charge in [-0.3, -0.25) is 0 Å². The topological polar surface area (TPSA) is 29.5 Å². The highest BCUT2D eigenvalue weighted by molar-refractivity contribution is 7.52. The zero-order valence-corrected chi connectivity index (χ0v) is 9.08. The van der Waals surface area contributed by atoms with Crippen molar-refractivity contribution in [3.8, 4) is 5.75 Å². The van der Waals surface area contributed by atoms with Gasteiger partial charge in [-0.25, -0.2) is 0 Å². The summed E-state index contributed by atoms with van der Waals surface area (Å²) in [7, 11) is -1.41. The number of hydrogen-bond acceptors (Lipinski definition) is 2. The highest BCUT2D eigenvalue weighted by Crippen LogP contribution is 2.55. The summed E-state index contributed by atoms with van der Waals surface area (Å²) in [5.74, 6) is 0.802. The van der Waals surface area contributed by atoms with Crippen LogP contribution >= 0.6 is 8.38 Å². The van der Waals surface area contributed by atoms with Gasteiger partial charge in [0.1, 0.15) is 5.75 Å². The summed E-state index contributed by atoms with van der Waals surface area (Å²) in [5, 5.41) is 1.08. The van der Waals surface area contributed by atoms with Crippen LogP contribution in [0.2, 0.25) is 0 Å². The minimum absolute atomic E-state index is 0.802. The molecule has 2 aliphatic rings. The van der Waals surface area contributed by atoms with Gasteiger partial charge in [0.25, 0.3) is 8.38 Å². The van der Waals surface area contributed by atoms with E-state index < -0.39 is 8.38 Å². The van der Waals surface area contributed by atoms with Crippen LogP contribution in [0.5, 0.6) is 5.75 Å². The lowest BCUT2D eigenvalue weighted by molar-refractivity contribution is 0.488. The Morgan fingerprint density at radius 3 is 3.07 bits per heavy atom. The van der Waals surface area contributed by atoms with Crippen LogP contribution in [0.3, 0.4) is 0 Å². The Kier molecular flexibility index (Phi) is 2.12. The van der Waals surface area contributed by atoms with Crippen LogP contribution in [-0.4, -0.2) is 4.89 Å². The fraction of sp³-hybridized carbons (Fsp3) is 0.167. The van der Waals surface area contributed by atoms with Crippen molar-refractivity contribution >= 4 is 13.9 Å². The summed E-state index contributed by atoms with van der Waals surface area (Å²) in [6.07, 6.45) is 6.18. The quantitative estimate of drug-likeness (QED) is 0.676. The van der Waals surface area contributed by atoms with Gasteiger partial charge in [0.2, 0.25) is 0 Å². The molecule has 1 N–H and O–H groups in total. The van der Waals surface area contributed by atoms with Crippen LogP contribution in [0.4, 0.5) is 0 Å². The minimum atomic E-state index is -1.41. The van der Waals surface area contributed by atoms with Crippen molar-refractivity contribution in [1.82, 2.24) is 0 Å². The molecule has 3 rings (SSSR count). The van der Waals surface area contributed by atoms with E-state index in [1.54, 1.807) is 0 Å². The van der Waals surface area contributed by atoms with E-state index in [-0.39, 0.29) is 0 Å². The van der Waals surface area contributed by atoms with Gasteiger partial charge in [-0.15, -0.1) is 0 Å². The second kappa shape index (κ2) is 3.48. The van der Waals surface area contributed by atoms with Crippen LogP contribution in [0.15, 0.2) is 41.7 Å². The Balaban J connectivity index is 2.21. The molecule has 0 saturated heterocycles. The molecule has 0 saturated carbocycles.